The van der Waals surface area contributed by atoms with Gasteiger partial charge in [0.15, 0.2) is 15.7 Å². The SMILES string of the molecule is CS(=O)(=O)Cc1noc(-c2ccc(Br)c(N)c2)n1. The smallest absolute Gasteiger partial charge is 0.258 e. The fourth-order valence-corrected chi connectivity index (χ4v) is 2.17. The Bertz CT molecular complexity index is 681. The highest BCUT2D eigenvalue weighted by molar-refractivity contribution is 9.10. The molecule has 0 spiro atoms. The van der Waals surface area contributed by atoms with Crippen molar-refractivity contribution in [1.29, 1.82) is 0 Å². The number of rotatable bonds is 3. The summed E-state index contributed by atoms with van der Waals surface area (Å²) in [7, 11) is -3.18. The van der Waals surface area contributed by atoms with E-state index in [4.69, 9.17) is 10.3 Å². The lowest BCUT2D eigenvalue weighted by Gasteiger charge is -1.99. The highest BCUT2D eigenvalue weighted by Crippen LogP contribution is 2.26. The van der Waals surface area contributed by atoms with E-state index < -0.39 is 9.84 Å². The first-order chi connectivity index (χ1) is 8.35. The molecule has 0 bridgehead atoms. The minimum Gasteiger partial charge on any atom is -0.398 e. The van der Waals surface area contributed by atoms with Gasteiger partial charge in [-0.05, 0) is 34.1 Å². The van der Waals surface area contributed by atoms with Gasteiger partial charge in [0.1, 0.15) is 5.75 Å². The van der Waals surface area contributed by atoms with E-state index in [2.05, 4.69) is 26.1 Å². The zero-order valence-electron chi connectivity index (χ0n) is 9.42. The molecule has 1 heterocycles. The average Bonchev–Trinajstić information content (AvgIpc) is 2.68. The number of halogens is 1. The Kier molecular flexibility index (Phi) is 3.40. The molecule has 0 aliphatic carbocycles. The first-order valence-electron chi connectivity index (χ1n) is 4.91. The molecule has 0 fully saturated rings. The van der Waals surface area contributed by atoms with Crippen molar-refractivity contribution in [3.05, 3.63) is 28.5 Å². The molecule has 0 saturated carbocycles. The first kappa shape index (κ1) is 13.0. The molecule has 0 aliphatic heterocycles. The zero-order chi connectivity index (χ0) is 13.3. The van der Waals surface area contributed by atoms with Crippen LogP contribution in [-0.2, 0) is 15.6 Å². The summed E-state index contributed by atoms with van der Waals surface area (Å²) in [6, 6.07) is 5.17. The van der Waals surface area contributed by atoms with Gasteiger partial charge in [0.05, 0.1) is 0 Å². The van der Waals surface area contributed by atoms with Gasteiger partial charge >= 0.3 is 0 Å². The molecular formula is C10H10BrN3O3S. The Morgan fingerprint density at radius 2 is 2.17 bits per heavy atom. The summed E-state index contributed by atoms with van der Waals surface area (Å²) in [5.41, 5.74) is 6.91. The van der Waals surface area contributed by atoms with Gasteiger partial charge in [-0.1, -0.05) is 5.16 Å². The zero-order valence-corrected chi connectivity index (χ0v) is 11.8. The van der Waals surface area contributed by atoms with Crippen LogP contribution < -0.4 is 5.73 Å². The minimum atomic E-state index is -3.18. The van der Waals surface area contributed by atoms with Gasteiger partial charge in [0.25, 0.3) is 5.89 Å². The topological polar surface area (TPSA) is 99.1 Å². The van der Waals surface area contributed by atoms with E-state index in [9.17, 15) is 8.42 Å². The fourth-order valence-electron chi connectivity index (χ4n) is 1.34. The van der Waals surface area contributed by atoms with Crippen LogP contribution in [0.1, 0.15) is 5.82 Å². The third kappa shape index (κ3) is 3.08. The van der Waals surface area contributed by atoms with Crippen LogP contribution in [0.25, 0.3) is 11.5 Å². The van der Waals surface area contributed by atoms with Crippen molar-refractivity contribution >= 4 is 31.5 Å². The maximum atomic E-state index is 11.1. The molecule has 2 aromatic rings. The first-order valence-corrected chi connectivity index (χ1v) is 7.76. The summed E-state index contributed by atoms with van der Waals surface area (Å²) in [4.78, 5) is 4.01. The number of sulfone groups is 1. The summed E-state index contributed by atoms with van der Waals surface area (Å²) in [5, 5.41) is 3.61. The lowest BCUT2D eigenvalue weighted by molar-refractivity contribution is 0.424. The van der Waals surface area contributed by atoms with Crippen molar-refractivity contribution in [2.45, 2.75) is 5.75 Å². The molecule has 1 aromatic carbocycles. The Morgan fingerprint density at radius 1 is 1.44 bits per heavy atom. The second-order valence-corrected chi connectivity index (χ2v) is 6.82. The summed E-state index contributed by atoms with van der Waals surface area (Å²) >= 11 is 3.28. The predicted octanol–water partition coefficient (Wildman–Crippen LogP) is 1.63. The summed E-state index contributed by atoms with van der Waals surface area (Å²) in [6.45, 7) is 0. The molecule has 96 valence electrons. The highest BCUT2D eigenvalue weighted by Gasteiger charge is 2.13. The Labute approximate surface area is 112 Å². The number of aromatic nitrogens is 2. The van der Waals surface area contributed by atoms with Crippen molar-refractivity contribution in [3.63, 3.8) is 0 Å². The molecule has 0 amide bonds. The second kappa shape index (κ2) is 4.69. The van der Waals surface area contributed by atoms with Crippen molar-refractivity contribution in [3.8, 4) is 11.5 Å². The van der Waals surface area contributed by atoms with E-state index in [0.29, 0.717) is 11.3 Å². The molecule has 1 aromatic heterocycles. The normalized spacial score (nSPS) is 11.7. The van der Waals surface area contributed by atoms with Crippen molar-refractivity contribution in [1.82, 2.24) is 10.1 Å². The third-order valence-corrected chi connectivity index (χ3v) is 3.61. The highest BCUT2D eigenvalue weighted by atomic mass is 79.9. The van der Waals surface area contributed by atoms with Gasteiger partial charge in [0.2, 0.25) is 0 Å². The van der Waals surface area contributed by atoms with Gasteiger partial charge in [-0.15, -0.1) is 0 Å². The molecule has 18 heavy (non-hydrogen) atoms. The molecule has 0 radical (unpaired) electrons. The standard InChI is InChI=1S/C10H10BrN3O3S/c1-18(15,16)5-9-13-10(17-14-9)6-2-3-7(11)8(12)4-6/h2-4H,5,12H2,1H3. The van der Waals surface area contributed by atoms with Crippen molar-refractivity contribution in [2.75, 3.05) is 12.0 Å². The Hall–Kier alpha value is -1.41. The third-order valence-electron chi connectivity index (χ3n) is 2.10. The van der Waals surface area contributed by atoms with Crippen LogP contribution >= 0.6 is 15.9 Å². The molecule has 0 atom stereocenters. The van der Waals surface area contributed by atoms with Crippen LogP contribution in [0.4, 0.5) is 5.69 Å². The van der Waals surface area contributed by atoms with Gasteiger partial charge in [-0.2, -0.15) is 4.98 Å². The number of hydrogen-bond donors (Lipinski definition) is 1. The van der Waals surface area contributed by atoms with Gasteiger partial charge in [-0.25, -0.2) is 8.42 Å². The van der Waals surface area contributed by atoms with Gasteiger partial charge in [-0.3, -0.25) is 0 Å². The summed E-state index contributed by atoms with van der Waals surface area (Å²) in [5.74, 6) is 0.129. The van der Waals surface area contributed by atoms with Crippen LogP contribution in [0.15, 0.2) is 27.2 Å². The monoisotopic (exact) mass is 331 g/mol. The molecule has 2 N–H and O–H groups in total. The van der Waals surface area contributed by atoms with E-state index in [1.807, 2.05) is 0 Å². The van der Waals surface area contributed by atoms with E-state index >= 15 is 0 Å². The molecule has 8 heteroatoms. The Morgan fingerprint density at radius 3 is 2.78 bits per heavy atom. The van der Waals surface area contributed by atoms with Crippen LogP contribution in [-0.4, -0.2) is 24.8 Å². The van der Waals surface area contributed by atoms with Crippen molar-refractivity contribution < 1.29 is 12.9 Å². The average molecular weight is 332 g/mol. The molecule has 6 nitrogen and oxygen atoms in total. The number of nitrogens with two attached hydrogens (primary N) is 1. The van der Waals surface area contributed by atoms with Gasteiger partial charge in [0, 0.05) is 22.0 Å². The molecule has 0 aliphatic rings. The number of nitrogen functional groups attached to an aromatic ring is 1. The van der Waals surface area contributed by atoms with E-state index in [0.717, 1.165) is 10.7 Å². The van der Waals surface area contributed by atoms with Crippen LogP contribution in [0.3, 0.4) is 0 Å². The number of hydrogen-bond acceptors (Lipinski definition) is 6. The molecule has 0 saturated heterocycles. The lowest BCUT2D eigenvalue weighted by Crippen LogP contribution is -2.02. The quantitative estimate of drug-likeness (QED) is 0.858. The maximum Gasteiger partial charge on any atom is 0.258 e. The predicted molar refractivity (Wildman–Crippen MR) is 70.4 cm³/mol. The van der Waals surface area contributed by atoms with E-state index in [1.165, 1.54) is 0 Å². The fraction of sp³-hybridized carbons (Fsp3) is 0.200. The lowest BCUT2D eigenvalue weighted by atomic mass is 10.2. The number of anilines is 1. The molecule has 2 rings (SSSR count). The summed E-state index contributed by atoms with van der Waals surface area (Å²) in [6.07, 6.45) is 1.11. The van der Waals surface area contributed by atoms with E-state index in [-0.39, 0.29) is 17.5 Å². The van der Waals surface area contributed by atoms with E-state index in [1.54, 1.807) is 18.2 Å². The molecule has 0 unspecified atom stereocenters. The number of benzene rings is 1. The largest absolute Gasteiger partial charge is 0.398 e. The minimum absolute atomic E-state index is 0.133. The second-order valence-electron chi connectivity index (χ2n) is 3.82. The number of nitrogens with zero attached hydrogens (tertiary/aromatic N) is 2. The van der Waals surface area contributed by atoms with Crippen LogP contribution in [0, 0.1) is 0 Å². The van der Waals surface area contributed by atoms with Gasteiger partial charge < -0.3 is 10.3 Å². The molecular weight excluding hydrogens is 322 g/mol. The Balaban J connectivity index is 2.32. The maximum absolute atomic E-state index is 11.1. The van der Waals surface area contributed by atoms with Crippen molar-refractivity contribution in [2.24, 2.45) is 0 Å². The van der Waals surface area contributed by atoms with Crippen LogP contribution in [0.5, 0.6) is 0 Å². The van der Waals surface area contributed by atoms with Crippen LogP contribution in [0.2, 0.25) is 0 Å². The summed E-state index contributed by atoms with van der Waals surface area (Å²) < 4.78 is 28.0.